The van der Waals surface area contributed by atoms with Gasteiger partial charge in [-0.15, -0.1) is 0 Å². The monoisotopic (exact) mass is 382 g/mol. The van der Waals surface area contributed by atoms with Gasteiger partial charge in [-0.1, -0.05) is 31.2 Å². The molecule has 0 bridgehead atoms. The highest BCUT2D eigenvalue weighted by molar-refractivity contribution is 5.94. The number of benzene rings is 2. The lowest BCUT2D eigenvalue weighted by molar-refractivity contribution is 0.0963. The average molecular weight is 383 g/mol. The number of hydrogen-bond donors (Lipinski definition) is 3. The number of rotatable bonds is 8. The zero-order chi connectivity index (χ0) is 20.4. The largest absolute Gasteiger partial charge is 0.497 e. The third-order valence-electron chi connectivity index (χ3n) is 4.65. The van der Waals surface area contributed by atoms with Crippen molar-refractivity contribution in [2.45, 2.75) is 25.8 Å². The van der Waals surface area contributed by atoms with Gasteiger partial charge in [0, 0.05) is 32.7 Å². The van der Waals surface area contributed by atoms with Crippen molar-refractivity contribution in [3.63, 3.8) is 0 Å². The van der Waals surface area contributed by atoms with Crippen molar-refractivity contribution < 1.29 is 9.53 Å². The lowest BCUT2D eigenvalue weighted by atomic mass is 9.98. The quantitative estimate of drug-likeness (QED) is 0.485. The molecule has 1 amide bonds. The normalized spacial score (nSPS) is 12.2. The van der Waals surface area contributed by atoms with Gasteiger partial charge in [0.15, 0.2) is 5.96 Å². The number of ether oxygens (including phenoxy) is 1. The summed E-state index contributed by atoms with van der Waals surface area (Å²) in [5.41, 5.74) is 2.96. The summed E-state index contributed by atoms with van der Waals surface area (Å²) in [7, 11) is 5.06. The molecule has 0 aromatic heterocycles. The summed E-state index contributed by atoms with van der Waals surface area (Å²) in [5.74, 6) is 1.96. The Balaban J connectivity index is 1.80. The smallest absolute Gasteiger partial charge is 0.251 e. The van der Waals surface area contributed by atoms with Gasteiger partial charge >= 0.3 is 0 Å². The van der Waals surface area contributed by atoms with E-state index in [0.29, 0.717) is 18.0 Å². The first-order valence-corrected chi connectivity index (χ1v) is 9.46. The van der Waals surface area contributed by atoms with Crippen molar-refractivity contribution in [1.29, 1.82) is 0 Å². The molecule has 0 aliphatic carbocycles. The standard InChI is InChI=1S/C22H30N4O2/c1-16(18-8-10-20(28-4)11-9-18)12-13-25-22(24-3)26-15-17-6-5-7-19(14-17)21(27)23-2/h5-11,14,16H,12-13,15H2,1-4H3,(H,23,27)(H2,24,25,26). The van der Waals surface area contributed by atoms with Crippen LogP contribution in [0, 0.1) is 0 Å². The minimum Gasteiger partial charge on any atom is -0.497 e. The fraction of sp³-hybridized carbons (Fsp3) is 0.364. The van der Waals surface area contributed by atoms with Crippen LogP contribution in [0.4, 0.5) is 0 Å². The van der Waals surface area contributed by atoms with Crippen LogP contribution < -0.4 is 20.7 Å². The molecule has 150 valence electrons. The zero-order valence-electron chi connectivity index (χ0n) is 17.1. The summed E-state index contributed by atoms with van der Waals surface area (Å²) in [6.45, 7) is 3.62. The first kappa shape index (κ1) is 21.3. The Kier molecular flexibility index (Phi) is 8.34. The highest BCUT2D eigenvalue weighted by atomic mass is 16.5. The zero-order valence-corrected chi connectivity index (χ0v) is 17.1. The van der Waals surface area contributed by atoms with Gasteiger partial charge in [0.25, 0.3) is 5.91 Å². The maximum atomic E-state index is 11.7. The second kappa shape index (κ2) is 11.0. The number of carbonyl (C=O) groups is 1. The molecule has 0 heterocycles. The summed E-state index contributed by atoms with van der Waals surface area (Å²) in [6.07, 6.45) is 0.985. The van der Waals surface area contributed by atoms with E-state index in [0.717, 1.165) is 30.2 Å². The van der Waals surface area contributed by atoms with Crippen LogP contribution in [0.5, 0.6) is 5.75 Å². The van der Waals surface area contributed by atoms with Crippen molar-refractivity contribution in [2.24, 2.45) is 4.99 Å². The van der Waals surface area contributed by atoms with Gasteiger partial charge in [-0.3, -0.25) is 9.79 Å². The Morgan fingerprint density at radius 3 is 2.54 bits per heavy atom. The molecule has 6 nitrogen and oxygen atoms in total. The van der Waals surface area contributed by atoms with Crippen LogP contribution in [0.2, 0.25) is 0 Å². The molecule has 2 aromatic rings. The maximum absolute atomic E-state index is 11.7. The number of carbonyl (C=O) groups excluding carboxylic acids is 1. The lowest BCUT2D eigenvalue weighted by Crippen LogP contribution is -2.37. The topological polar surface area (TPSA) is 74.8 Å². The minimum absolute atomic E-state index is 0.0862. The summed E-state index contributed by atoms with van der Waals surface area (Å²) >= 11 is 0. The number of nitrogens with one attached hydrogen (secondary N) is 3. The molecule has 3 N–H and O–H groups in total. The van der Waals surface area contributed by atoms with E-state index in [2.05, 4.69) is 40.0 Å². The number of methoxy groups -OCH3 is 1. The highest BCUT2D eigenvalue weighted by Crippen LogP contribution is 2.21. The van der Waals surface area contributed by atoms with E-state index in [9.17, 15) is 4.79 Å². The first-order valence-electron chi connectivity index (χ1n) is 9.46. The fourth-order valence-electron chi connectivity index (χ4n) is 2.88. The van der Waals surface area contributed by atoms with E-state index in [-0.39, 0.29) is 5.91 Å². The van der Waals surface area contributed by atoms with Crippen molar-refractivity contribution in [2.75, 3.05) is 27.7 Å². The average Bonchev–Trinajstić information content (AvgIpc) is 2.75. The SMILES string of the molecule is CN=C(NCCC(C)c1ccc(OC)cc1)NCc1cccc(C(=O)NC)c1. The molecule has 1 unspecified atom stereocenters. The van der Waals surface area contributed by atoms with Gasteiger partial charge in [-0.25, -0.2) is 0 Å². The van der Waals surface area contributed by atoms with E-state index in [1.165, 1.54) is 5.56 Å². The van der Waals surface area contributed by atoms with E-state index in [4.69, 9.17) is 4.74 Å². The van der Waals surface area contributed by atoms with Crippen molar-refractivity contribution >= 4 is 11.9 Å². The molecule has 0 aliphatic heterocycles. The first-order chi connectivity index (χ1) is 13.6. The van der Waals surface area contributed by atoms with Gasteiger partial charge in [0.2, 0.25) is 0 Å². The molecular formula is C22H30N4O2. The number of amides is 1. The Morgan fingerprint density at radius 2 is 1.89 bits per heavy atom. The number of guanidine groups is 1. The van der Waals surface area contributed by atoms with Crippen LogP contribution in [-0.4, -0.2) is 39.6 Å². The molecule has 2 rings (SSSR count). The second-order valence-electron chi connectivity index (χ2n) is 6.59. The summed E-state index contributed by atoms with van der Waals surface area (Å²) in [6, 6.07) is 15.7. The predicted molar refractivity (Wildman–Crippen MR) is 114 cm³/mol. The third kappa shape index (κ3) is 6.30. The second-order valence-corrected chi connectivity index (χ2v) is 6.59. The molecule has 6 heteroatoms. The molecule has 28 heavy (non-hydrogen) atoms. The number of aliphatic imine (C=N–C) groups is 1. The molecule has 2 aromatic carbocycles. The Bertz CT molecular complexity index is 787. The summed E-state index contributed by atoms with van der Waals surface area (Å²) in [4.78, 5) is 16.0. The van der Waals surface area contributed by atoms with Crippen LogP contribution >= 0.6 is 0 Å². The Morgan fingerprint density at radius 1 is 1.14 bits per heavy atom. The summed E-state index contributed by atoms with van der Waals surface area (Å²) in [5, 5.41) is 9.28. The van der Waals surface area contributed by atoms with Crippen molar-refractivity contribution in [3.05, 3.63) is 65.2 Å². The molecule has 0 radical (unpaired) electrons. The van der Waals surface area contributed by atoms with Gasteiger partial charge in [-0.05, 0) is 47.7 Å². The van der Waals surface area contributed by atoms with E-state index < -0.39 is 0 Å². The molecule has 0 aliphatic rings. The van der Waals surface area contributed by atoms with Crippen LogP contribution in [-0.2, 0) is 6.54 Å². The Labute approximate surface area is 167 Å². The van der Waals surface area contributed by atoms with Crippen LogP contribution in [0.15, 0.2) is 53.5 Å². The predicted octanol–water partition coefficient (Wildman–Crippen LogP) is 2.91. The molecule has 0 saturated heterocycles. The molecule has 1 atom stereocenters. The van der Waals surface area contributed by atoms with Gasteiger partial charge in [0.1, 0.15) is 5.75 Å². The summed E-state index contributed by atoms with van der Waals surface area (Å²) < 4.78 is 5.21. The van der Waals surface area contributed by atoms with Crippen molar-refractivity contribution in [1.82, 2.24) is 16.0 Å². The molecular weight excluding hydrogens is 352 g/mol. The van der Waals surface area contributed by atoms with E-state index >= 15 is 0 Å². The number of nitrogens with zero attached hydrogens (tertiary/aromatic N) is 1. The molecule has 0 fully saturated rings. The molecule has 0 saturated carbocycles. The van der Waals surface area contributed by atoms with E-state index in [1.807, 2.05) is 30.3 Å². The van der Waals surface area contributed by atoms with Gasteiger partial charge in [-0.2, -0.15) is 0 Å². The lowest BCUT2D eigenvalue weighted by Gasteiger charge is -2.16. The van der Waals surface area contributed by atoms with Crippen LogP contribution in [0.25, 0.3) is 0 Å². The minimum atomic E-state index is -0.0862. The van der Waals surface area contributed by atoms with E-state index in [1.54, 1.807) is 27.3 Å². The Hall–Kier alpha value is -3.02. The fourth-order valence-corrected chi connectivity index (χ4v) is 2.88. The third-order valence-corrected chi connectivity index (χ3v) is 4.65. The van der Waals surface area contributed by atoms with Crippen LogP contribution in [0.1, 0.15) is 40.7 Å². The van der Waals surface area contributed by atoms with Gasteiger partial charge in [0.05, 0.1) is 7.11 Å². The maximum Gasteiger partial charge on any atom is 0.251 e. The highest BCUT2D eigenvalue weighted by Gasteiger charge is 2.07. The molecule has 0 spiro atoms. The number of hydrogen-bond acceptors (Lipinski definition) is 3. The van der Waals surface area contributed by atoms with Crippen LogP contribution in [0.3, 0.4) is 0 Å². The van der Waals surface area contributed by atoms with Crippen molar-refractivity contribution in [3.8, 4) is 5.75 Å². The van der Waals surface area contributed by atoms with Gasteiger partial charge < -0.3 is 20.7 Å².